The number of hydrogen-bond acceptors (Lipinski definition) is 4. The van der Waals surface area contributed by atoms with Gasteiger partial charge in [0.1, 0.15) is 17.4 Å². The number of nitrogens with zero attached hydrogens (tertiary/aromatic N) is 3. The van der Waals surface area contributed by atoms with Crippen molar-refractivity contribution in [2.45, 2.75) is 26.4 Å². The summed E-state index contributed by atoms with van der Waals surface area (Å²) in [5.74, 6) is 0.215. The van der Waals surface area contributed by atoms with E-state index in [4.69, 9.17) is 9.40 Å². The summed E-state index contributed by atoms with van der Waals surface area (Å²) in [7, 11) is 0. The fraction of sp³-hybridized carbons (Fsp3) is 0.138. The fourth-order valence-corrected chi connectivity index (χ4v) is 4.30. The molecule has 0 radical (unpaired) electrons. The van der Waals surface area contributed by atoms with Crippen LogP contribution < -0.4 is 5.56 Å². The molecule has 5 rings (SSSR count). The Morgan fingerprint density at radius 2 is 1.81 bits per heavy atom. The van der Waals surface area contributed by atoms with E-state index in [1.165, 1.54) is 30.5 Å². The summed E-state index contributed by atoms with van der Waals surface area (Å²) in [5.41, 5.74) is 2.29. The third-order valence-corrected chi connectivity index (χ3v) is 6.16. The Labute approximate surface area is 207 Å². The van der Waals surface area contributed by atoms with Crippen LogP contribution in [0.1, 0.15) is 40.5 Å². The van der Waals surface area contributed by atoms with E-state index in [1.807, 2.05) is 44.2 Å². The smallest absolute Gasteiger partial charge is 0.266 e. The van der Waals surface area contributed by atoms with Gasteiger partial charge in [0, 0.05) is 5.56 Å². The minimum atomic E-state index is -0.634. The number of para-hydroxylation sites is 1. The zero-order valence-electron chi connectivity index (χ0n) is 19.9. The second-order valence-electron chi connectivity index (χ2n) is 8.66. The molecule has 1 atom stereocenters. The predicted molar refractivity (Wildman–Crippen MR) is 135 cm³/mol. The Bertz CT molecular complexity index is 1590. The van der Waals surface area contributed by atoms with Crippen molar-refractivity contribution in [1.82, 2.24) is 14.5 Å². The Balaban J connectivity index is 1.70. The zero-order chi connectivity index (χ0) is 25.2. The van der Waals surface area contributed by atoms with Crippen LogP contribution in [-0.2, 0) is 6.54 Å². The summed E-state index contributed by atoms with van der Waals surface area (Å²) in [6.45, 7) is 3.92. The van der Waals surface area contributed by atoms with Crippen LogP contribution in [0.4, 0.5) is 4.39 Å². The summed E-state index contributed by atoms with van der Waals surface area (Å²) in [4.78, 5) is 33.9. The average molecular weight is 482 g/mol. The maximum absolute atomic E-state index is 13.7. The van der Waals surface area contributed by atoms with E-state index in [1.54, 1.807) is 39.8 Å². The predicted octanol–water partition coefficient (Wildman–Crippen LogP) is 5.83. The highest BCUT2D eigenvalue weighted by atomic mass is 19.1. The maximum atomic E-state index is 13.7. The lowest BCUT2D eigenvalue weighted by atomic mass is 10.1. The van der Waals surface area contributed by atoms with Crippen molar-refractivity contribution in [3.8, 4) is 5.69 Å². The third-order valence-electron chi connectivity index (χ3n) is 6.16. The molecule has 2 aromatic heterocycles. The average Bonchev–Trinajstić information content (AvgIpc) is 3.40. The first-order valence-corrected chi connectivity index (χ1v) is 11.6. The van der Waals surface area contributed by atoms with E-state index in [2.05, 4.69) is 0 Å². The quantitative estimate of drug-likeness (QED) is 0.306. The normalized spacial score (nSPS) is 12.0. The maximum Gasteiger partial charge on any atom is 0.266 e. The lowest BCUT2D eigenvalue weighted by Gasteiger charge is -2.30. The first kappa shape index (κ1) is 23.2. The second-order valence-corrected chi connectivity index (χ2v) is 8.66. The minimum absolute atomic E-state index is 0.140. The summed E-state index contributed by atoms with van der Waals surface area (Å²) < 4.78 is 20.7. The Morgan fingerprint density at radius 3 is 2.53 bits per heavy atom. The molecule has 180 valence electrons. The molecule has 5 aromatic rings. The molecule has 3 aromatic carbocycles. The van der Waals surface area contributed by atoms with Gasteiger partial charge in [-0.3, -0.25) is 14.2 Å². The van der Waals surface area contributed by atoms with Crippen molar-refractivity contribution in [3.05, 3.63) is 130 Å². The molecule has 6 nitrogen and oxygen atoms in total. The van der Waals surface area contributed by atoms with Crippen LogP contribution in [0.25, 0.3) is 16.6 Å². The Morgan fingerprint density at radius 1 is 1.03 bits per heavy atom. The van der Waals surface area contributed by atoms with Crippen LogP contribution in [0.15, 0.2) is 100 Å². The van der Waals surface area contributed by atoms with Gasteiger partial charge in [-0.2, -0.15) is 0 Å². The summed E-state index contributed by atoms with van der Waals surface area (Å²) in [6, 6.07) is 23.0. The number of carbonyl (C=O) groups is 1. The lowest BCUT2D eigenvalue weighted by Crippen LogP contribution is -2.37. The van der Waals surface area contributed by atoms with E-state index in [0.29, 0.717) is 33.7 Å². The van der Waals surface area contributed by atoms with E-state index in [9.17, 15) is 14.0 Å². The van der Waals surface area contributed by atoms with Gasteiger partial charge in [0.15, 0.2) is 0 Å². The SMILES string of the molecule is Cc1cccc(-n2c(C(C)N(Cc3ccco3)C(=O)c3ccc(F)cc3)nc3ccccc3c2=O)c1. The molecule has 0 saturated carbocycles. The number of furan rings is 1. The van der Waals surface area contributed by atoms with Crippen molar-refractivity contribution >= 4 is 16.8 Å². The standard InChI is InChI=1S/C29H24FN3O3/c1-19-7-5-8-23(17-19)33-27(31-26-11-4-3-10-25(26)29(33)35)20(2)32(18-24-9-6-16-36-24)28(34)21-12-14-22(30)15-13-21/h3-17,20H,18H2,1-2H3. The van der Waals surface area contributed by atoms with Gasteiger partial charge in [0.25, 0.3) is 11.5 Å². The molecular weight excluding hydrogens is 457 g/mol. The molecule has 0 aliphatic heterocycles. The van der Waals surface area contributed by atoms with Gasteiger partial charge in [0.05, 0.1) is 35.4 Å². The van der Waals surface area contributed by atoms with Crippen molar-refractivity contribution in [2.75, 3.05) is 0 Å². The number of amides is 1. The highest BCUT2D eigenvalue weighted by molar-refractivity contribution is 5.94. The number of rotatable bonds is 6. The number of aryl methyl sites for hydroxylation is 1. The van der Waals surface area contributed by atoms with Crippen LogP contribution in [-0.4, -0.2) is 20.4 Å². The van der Waals surface area contributed by atoms with Crippen LogP contribution in [0.5, 0.6) is 0 Å². The molecule has 0 N–H and O–H groups in total. The van der Waals surface area contributed by atoms with E-state index in [-0.39, 0.29) is 18.0 Å². The van der Waals surface area contributed by atoms with E-state index < -0.39 is 11.9 Å². The molecule has 1 unspecified atom stereocenters. The number of halogens is 1. The first-order chi connectivity index (χ1) is 17.4. The molecule has 36 heavy (non-hydrogen) atoms. The zero-order valence-corrected chi connectivity index (χ0v) is 19.9. The van der Waals surface area contributed by atoms with Gasteiger partial charge in [-0.05, 0) is 80.1 Å². The van der Waals surface area contributed by atoms with Gasteiger partial charge in [-0.25, -0.2) is 9.37 Å². The Hall–Kier alpha value is -4.52. The summed E-state index contributed by atoms with van der Waals surface area (Å²) in [6.07, 6.45) is 1.54. The molecular formula is C29H24FN3O3. The van der Waals surface area contributed by atoms with E-state index >= 15 is 0 Å². The molecule has 2 heterocycles. The van der Waals surface area contributed by atoms with Crippen LogP contribution in [0.2, 0.25) is 0 Å². The second kappa shape index (κ2) is 9.62. The minimum Gasteiger partial charge on any atom is -0.467 e. The van der Waals surface area contributed by atoms with Gasteiger partial charge < -0.3 is 9.32 Å². The van der Waals surface area contributed by atoms with Crippen molar-refractivity contribution in [2.24, 2.45) is 0 Å². The van der Waals surface area contributed by atoms with Crippen molar-refractivity contribution in [1.29, 1.82) is 0 Å². The summed E-state index contributed by atoms with van der Waals surface area (Å²) in [5, 5.41) is 0.484. The van der Waals surface area contributed by atoms with E-state index in [0.717, 1.165) is 5.56 Å². The molecule has 0 aliphatic rings. The molecule has 7 heteroatoms. The van der Waals surface area contributed by atoms with Crippen molar-refractivity contribution in [3.63, 3.8) is 0 Å². The molecule has 0 spiro atoms. The first-order valence-electron chi connectivity index (χ1n) is 11.6. The number of aromatic nitrogens is 2. The van der Waals surface area contributed by atoms with Gasteiger partial charge in [-0.15, -0.1) is 0 Å². The van der Waals surface area contributed by atoms with Gasteiger partial charge in [-0.1, -0.05) is 24.3 Å². The molecule has 0 aliphatic carbocycles. The topological polar surface area (TPSA) is 68.3 Å². The highest BCUT2D eigenvalue weighted by Crippen LogP contribution is 2.27. The molecule has 0 bridgehead atoms. The summed E-state index contributed by atoms with van der Waals surface area (Å²) >= 11 is 0. The Kier molecular flexibility index (Phi) is 6.21. The lowest BCUT2D eigenvalue weighted by molar-refractivity contribution is 0.0648. The van der Waals surface area contributed by atoms with Crippen LogP contribution in [0, 0.1) is 12.7 Å². The number of hydrogen-bond donors (Lipinski definition) is 0. The fourth-order valence-electron chi connectivity index (χ4n) is 4.30. The number of fused-ring (bicyclic) bond motifs is 1. The largest absolute Gasteiger partial charge is 0.467 e. The van der Waals surface area contributed by atoms with Crippen LogP contribution in [0.3, 0.4) is 0 Å². The van der Waals surface area contributed by atoms with Gasteiger partial charge >= 0.3 is 0 Å². The molecule has 0 saturated heterocycles. The van der Waals surface area contributed by atoms with Gasteiger partial charge in [0.2, 0.25) is 0 Å². The third kappa shape index (κ3) is 4.43. The number of carbonyl (C=O) groups excluding carboxylic acids is 1. The molecule has 1 amide bonds. The highest BCUT2D eigenvalue weighted by Gasteiger charge is 2.28. The number of benzene rings is 3. The monoisotopic (exact) mass is 481 g/mol. The van der Waals surface area contributed by atoms with Crippen molar-refractivity contribution < 1.29 is 13.6 Å². The molecule has 0 fully saturated rings. The van der Waals surface area contributed by atoms with Crippen LogP contribution >= 0.6 is 0 Å².